The number of benzene rings is 2. The highest BCUT2D eigenvalue weighted by molar-refractivity contribution is 5.83. The van der Waals surface area contributed by atoms with Crippen LogP contribution in [-0.4, -0.2) is 42.3 Å². The molecule has 0 bridgehead atoms. The molecule has 176 valence electrons. The van der Waals surface area contributed by atoms with Crippen molar-refractivity contribution in [3.8, 4) is 11.1 Å². The Hall–Kier alpha value is -3.35. The first kappa shape index (κ1) is 24.3. The van der Waals surface area contributed by atoms with Gasteiger partial charge in [-0.05, 0) is 40.5 Å². The summed E-state index contributed by atoms with van der Waals surface area (Å²) in [5.74, 6) is -1.43. The average Bonchev–Trinajstić information content (AvgIpc) is 3.12. The average molecular weight is 453 g/mol. The number of carboxylic acid groups (broad SMARTS) is 1. The lowest BCUT2D eigenvalue weighted by atomic mass is 9.92. The fourth-order valence-corrected chi connectivity index (χ4v) is 4.24. The SMILES string of the molecule is CC[C@H](NC(=O)CC(CNC(=O)OCC1c2ccccc2-c2ccccc21)C(C)C)C(=O)O. The summed E-state index contributed by atoms with van der Waals surface area (Å²) in [4.78, 5) is 35.9. The molecule has 0 saturated heterocycles. The van der Waals surface area contributed by atoms with Gasteiger partial charge in [-0.25, -0.2) is 9.59 Å². The zero-order chi connectivity index (χ0) is 24.0. The molecule has 0 radical (unpaired) electrons. The van der Waals surface area contributed by atoms with Crippen LogP contribution in [0.5, 0.6) is 0 Å². The third-order valence-electron chi connectivity index (χ3n) is 6.28. The molecule has 2 atom stereocenters. The van der Waals surface area contributed by atoms with Gasteiger partial charge < -0.3 is 20.5 Å². The quantitative estimate of drug-likeness (QED) is 0.502. The molecule has 1 unspecified atom stereocenters. The van der Waals surface area contributed by atoms with Crippen molar-refractivity contribution in [1.29, 1.82) is 0 Å². The normalized spacial score (nSPS) is 14.2. The lowest BCUT2D eigenvalue weighted by Crippen LogP contribution is -2.42. The maximum atomic E-state index is 12.4. The Bertz CT molecular complexity index is 958. The summed E-state index contributed by atoms with van der Waals surface area (Å²) in [7, 11) is 0. The summed E-state index contributed by atoms with van der Waals surface area (Å²) in [6.07, 6.45) is -0.0869. The first-order chi connectivity index (χ1) is 15.8. The van der Waals surface area contributed by atoms with Crippen molar-refractivity contribution in [2.45, 2.75) is 45.6 Å². The second-order valence-corrected chi connectivity index (χ2v) is 8.78. The van der Waals surface area contributed by atoms with Gasteiger partial charge in [0, 0.05) is 18.9 Å². The summed E-state index contributed by atoms with van der Waals surface area (Å²) in [6, 6.07) is 15.4. The number of alkyl carbamates (subject to hydrolysis) is 1. The van der Waals surface area contributed by atoms with Crippen LogP contribution in [0.4, 0.5) is 4.79 Å². The molecule has 0 spiro atoms. The lowest BCUT2D eigenvalue weighted by molar-refractivity contribution is -0.142. The summed E-state index contributed by atoms with van der Waals surface area (Å²) in [5.41, 5.74) is 4.62. The molecule has 1 aliphatic rings. The highest BCUT2D eigenvalue weighted by Gasteiger charge is 2.29. The van der Waals surface area contributed by atoms with Crippen LogP contribution in [0.2, 0.25) is 0 Å². The number of aliphatic carboxylic acids is 1. The number of rotatable bonds is 10. The van der Waals surface area contributed by atoms with E-state index in [1.165, 1.54) is 11.1 Å². The minimum Gasteiger partial charge on any atom is -0.480 e. The number of carbonyl (C=O) groups is 3. The van der Waals surface area contributed by atoms with Gasteiger partial charge in [0.15, 0.2) is 0 Å². The van der Waals surface area contributed by atoms with Gasteiger partial charge in [-0.3, -0.25) is 4.79 Å². The lowest BCUT2D eigenvalue weighted by Gasteiger charge is -2.22. The van der Waals surface area contributed by atoms with E-state index in [-0.39, 0.29) is 43.2 Å². The molecule has 7 heteroatoms. The third-order valence-corrected chi connectivity index (χ3v) is 6.28. The van der Waals surface area contributed by atoms with Crippen molar-refractivity contribution in [3.05, 3.63) is 59.7 Å². The highest BCUT2D eigenvalue weighted by Crippen LogP contribution is 2.44. The highest BCUT2D eigenvalue weighted by atomic mass is 16.5. The number of hydrogen-bond donors (Lipinski definition) is 3. The minimum atomic E-state index is -1.05. The van der Waals surface area contributed by atoms with Gasteiger partial charge >= 0.3 is 12.1 Å². The van der Waals surface area contributed by atoms with E-state index in [1.807, 2.05) is 38.1 Å². The van der Waals surface area contributed by atoms with Gasteiger partial charge in [-0.2, -0.15) is 0 Å². The van der Waals surface area contributed by atoms with Crippen LogP contribution < -0.4 is 10.6 Å². The van der Waals surface area contributed by atoms with Crippen LogP contribution in [-0.2, 0) is 14.3 Å². The number of nitrogens with one attached hydrogen (secondary N) is 2. The molecule has 0 fully saturated rings. The van der Waals surface area contributed by atoms with E-state index < -0.39 is 18.1 Å². The monoisotopic (exact) mass is 452 g/mol. The van der Waals surface area contributed by atoms with Crippen molar-refractivity contribution in [1.82, 2.24) is 10.6 Å². The van der Waals surface area contributed by atoms with E-state index >= 15 is 0 Å². The molecule has 33 heavy (non-hydrogen) atoms. The first-order valence-electron chi connectivity index (χ1n) is 11.4. The molecule has 0 aromatic heterocycles. The van der Waals surface area contributed by atoms with Crippen molar-refractivity contribution in [3.63, 3.8) is 0 Å². The van der Waals surface area contributed by atoms with Crippen molar-refractivity contribution < 1.29 is 24.2 Å². The Morgan fingerprint density at radius 1 is 1.00 bits per heavy atom. The van der Waals surface area contributed by atoms with Crippen LogP contribution >= 0.6 is 0 Å². The van der Waals surface area contributed by atoms with Crippen molar-refractivity contribution in [2.75, 3.05) is 13.2 Å². The van der Waals surface area contributed by atoms with Gasteiger partial charge in [0.05, 0.1) is 0 Å². The number of carbonyl (C=O) groups excluding carboxylic acids is 2. The van der Waals surface area contributed by atoms with Gasteiger partial charge in [0.1, 0.15) is 12.6 Å². The van der Waals surface area contributed by atoms with Crippen molar-refractivity contribution in [2.24, 2.45) is 11.8 Å². The molecule has 0 heterocycles. The Morgan fingerprint density at radius 2 is 1.58 bits per heavy atom. The third kappa shape index (κ3) is 5.92. The molecular formula is C26H32N2O5. The first-order valence-corrected chi connectivity index (χ1v) is 11.4. The zero-order valence-electron chi connectivity index (χ0n) is 19.3. The Balaban J connectivity index is 1.54. The largest absolute Gasteiger partial charge is 0.480 e. The summed E-state index contributed by atoms with van der Waals surface area (Å²) >= 11 is 0. The predicted molar refractivity (Wildman–Crippen MR) is 126 cm³/mol. The zero-order valence-corrected chi connectivity index (χ0v) is 19.3. The number of carboxylic acids is 1. The molecule has 0 aliphatic heterocycles. The molecule has 3 rings (SSSR count). The number of fused-ring (bicyclic) bond motifs is 3. The van der Waals surface area contributed by atoms with Crippen molar-refractivity contribution >= 4 is 18.0 Å². The van der Waals surface area contributed by atoms with E-state index in [9.17, 15) is 14.4 Å². The fourth-order valence-electron chi connectivity index (χ4n) is 4.24. The smallest absolute Gasteiger partial charge is 0.407 e. The Kier molecular flexibility index (Phi) is 8.09. The van der Waals surface area contributed by atoms with E-state index in [2.05, 4.69) is 34.9 Å². The molecule has 0 saturated carbocycles. The molecule has 2 amide bonds. The van der Waals surface area contributed by atoms with E-state index in [1.54, 1.807) is 6.92 Å². The molecule has 2 aromatic rings. The maximum absolute atomic E-state index is 12.4. The molecule has 1 aliphatic carbocycles. The number of hydrogen-bond acceptors (Lipinski definition) is 4. The fraction of sp³-hybridized carbons (Fsp3) is 0.423. The van der Waals surface area contributed by atoms with Crippen LogP contribution in [0.3, 0.4) is 0 Å². The van der Waals surface area contributed by atoms with Crippen LogP contribution in [0.15, 0.2) is 48.5 Å². The van der Waals surface area contributed by atoms with Crippen LogP contribution in [0, 0.1) is 11.8 Å². The summed E-state index contributed by atoms with van der Waals surface area (Å²) in [6.45, 7) is 6.13. The van der Waals surface area contributed by atoms with Gasteiger partial charge in [-0.1, -0.05) is 69.3 Å². The second-order valence-electron chi connectivity index (χ2n) is 8.78. The standard InChI is InChI=1S/C26H32N2O5/c1-4-23(25(30)31)28-24(29)13-17(16(2)3)14-27-26(32)33-15-22-20-11-7-5-9-18(20)19-10-6-8-12-21(19)22/h5-12,16-17,22-23H,4,13-15H2,1-3H3,(H,27,32)(H,28,29)(H,30,31)/t17?,23-/m0/s1. The van der Waals surface area contributed by atoms with Crippen LogP contribution in [0.25, 0.3) is 11.1 Å². The topological polar surface area (TPSA) is 105 Å². The maximum Gasteiger partial charge on any atom is 0.407 e. The van der Waals surface area contributed by atoms with Gasteiger partial charge in [0.2, 0.25) is 5.91 Å². The molecular weight excluding hydrogens is 420 g/mol. The summed E-state index contributed by atoms with van der Waals surface area (Å²) in [5, 5.41) is 14.4. The van der Waals surface area contributed by atoms with E-state index in [0.29, 0.717) is 6.42 Å². The molecule has 3 N–H and O–H groups in total. The second kappa shape index (κ2) is 11.0. The number of amides is 2. The Labute approximate surface area is 194 Å². The predicted octanol–water partition coefficient (Wildman–Crippen LogP) is 4.17. The molecule has 7 nitrogen and oxygen atoms in total. The van der Waals surface area contributed by atoms with Gasteiger partial charge in [-0.15, -0.1) is 0 Å². The van der Waals surface area contributed by atoms with E-state index in [0.717, 1.165) is 11.1 Å². The van der Waals surface area contributed by atoms with E-state index in [4.69, 9.17) is 9.84 Å². The Morgan fingerprint density at radius 3 is 2.09 bits per heavy atom. The van der Waals surface area contributed by atoms with Gasteiger partial charge in [0.25, 0.3) is 0 Å². The number of ether oxygens (including phenoxy) is 1. The summed E-state index contributed by atoms with van der Waals surface area (Å²) < 4.78 is 5.56. The van der Waals surface area contributed by atoms with Crippen LogP contribution in [0.1, 0.15) is 50.7 Å². The minimum absolute atomic E-state index is 0.0168. The molecule has 2 aromatic carbocycles.